The zero-order valence-electron chi connectivity index (χ0n) is 8.97. The molecule has 1 aromatic carbocycles. The summed E-state index contributed by atoms with van der Waals surface area (Å²) in [6.45, 7) is 6.97. The van der Waals surface area contributed by atoms with Crippen molar-refractivity contribution >= 4 is 17.2 Å². The van der Waals surface area contributed by atoms with Crippen molar-refractivity contribution in [2.24, 2.45) is 0 Å². The molecule has 0 aliphatic rings. The summed E-state index contributed by atoms with van der Waals surface area (Å²) in [5.41, 5.74) is 2.52. The monoisotopic (exact) mass is 240 g/mol. The molecule has 0 spiro atoms. The molecule has 0 bridgehead atoms. The van der Waals surface area contributed by atoms with Crippen molar-refractivity contribution in [3.8, 4) is 0 Å². The van der Waals surface area contributed by atoms with Gasteiger partial charge in [0.25, 0.3) is 0 Å². The first kappa shape index (κ1) is 11.4. The van der Waals surface area contributed by atoms with Gasteiger partial charge < -0.3 is 0 Å². The van der Waals surface area contributed by atoms with Gasteiger partial charge in [0, 0.05) is 16.8 Å². The summed E-state index contributed by atoms with van der Waals surface area (Å²) < 4.78 is 0. The topological polar surface area (TPSA) is 17.2 Å². The molecule has 1 heterocycles. The quantitative estimate of drug-likeness (QED) is 0.724. The molecule has 1 aromatic heterocycles. The van der Waals surface area contributed by atoms with Crippen LogP contribution in [-0.2, 0) is 0 Å². The Morgan fingerprint density at radius 1 is 1.18 bits per heavy atom. The van der Waals surface area contributed by atoms with E-state index in [1.165, 1.54) is 6.20 Å². The summed E-state index contributed by atoms with van der Waals surface area (Å²) in [5, 5.41) is 0.678. The van der Waals surface area contributed by atoms with Crippen LogP contribution in [0.5, 0.6) is 0 Å². The Balaban J connectivity index is 2.48. The summed E-state index contributed by atoms with van der Waals surface area (Å²) in [6.07, 6.45) is 3.19. The van der Waals surface area contributed by atoms with E-state index in [0.29, 0.717) is 5.02 Å². The standard InChI is InChI=1S/C14H9ClN2/c1-16-10-13(14-4-2-3-9-17-14)11-5-7-12(15)8-6-11/h2-10H. The zero-order chi connectivity index (χ0) is 12.1. The summed E-state index contributed by atoms with van der Waals surface area (Å²) >= 11 is 5.84. The highest BCUT2D eigenvalue weighted by Gasteiger charge is 2.05. The Hall–Kier alpha value is -2.11. The van der Waals surface area contributed by atoms with Crippen LogP contribution in [0.3, 0.4) is 0 Å². The highest BCUT2D eigenvalue weighted by atomic mass is 35.5. The third kappa shape index (κ3) is 2.72. The number of halogens is 1. The molecule has 82 valence electrons. The molecule has 0 N–H and O–H groups in total. The zero-order valence-corrected chi connectivity index (χ0v) is 9.72. The highest BCUT2D eigenvalue weighted by Crippen LogP contribution is 2.23. The minimum Gasteiger partial charge on any atom is -0.258 e. The van der Waals surface area contributed by atoms with Crippen molar-refractivity contribution < 1.29 is 0 Å². The highest BCUT2D eigenvalue weighted by molar-refractivity contribution is 6.30. The lowest BCUT2D eigenvalue weighted by molar-refractivity contribution is 1.27. The van der Waals surface area contributed by atoms with Gasteiger partial charge in [0.1, 0.15) is 0 Å². The van der Waals surface area contributed by atoms with E-state index in [2.05, 4.69) is 9.83 Å². The molecule has 2 rings (SSSR count). The summed E-state index contributed by atoms with van der Waals surface area (Å²) in [7, 11) is 0. The van der Waals surface area contributed by atoms with Crippen LogP contribution >= 0.6 is 11.6 Å². The molecule has 0 saturated heterocycles. The van der Waals surface area contributed by atoms with Gasteiger partial charge in [-0.3, -0.25) is 4.98 Å². The Morgan fingerprint density at radius 2 is 1.94 bits per heavy atom. The number of pyridine rings is 1. The molecule has 0 unspecified atom stereocenters. The van der Waals surface area contributed by atoms with Gasteiger partial charge in [0.15, 0.2) is 6.20 Å². The largest absolute Gasteiger partial charge is 0.258 e. The SMILES string of the molecule is [C-]#[N+]C=C(c1ccc(Cl)cc1)c1ccccn1. The fourth-order valence-electron chi connectivity index (χ4n) is 1.50. The van der Waals surface area contributed by atoms with Crippen molar-refractivity contribution in [1.82, 2.24) is 4.98 Å². The van der Waals surface area contributed by atoms with Gasteiger partial charge in [-0.15, -0.1) is 0 Å². The molecule has 0 amide bonds. The second-order valence-corrected chi connectivity index (χ2v) is 3.83. The Labute approximate surface area is 105 Å². The molecule has 2 aromatic rings. The van der Waals surface area contributed by atoms with Gasteiger partial charge in [0.2, 0.25) is 0 Å². The van der Waals surface area contributed by atoms with E-state index in [1.54, 1.807) is 18.3 Å². The van der Waals surface area contributed by atoms with Gasteiger partial charge in [-0.1, -0.05) is 29.8 Å². The van der Waals surface area contributed by atoms with E-state index < -0.39 is 0 Å². The van der Waals surface area contributed by atoms with Crippen LogP contribution in [0.25, 0.3) is 10.4 Å². The number of aromatic nitrogens is 1. The first-order valence-electron chi connectivity index (χ1n) is 5.05. The van der Waals surface area contributed by atoms with Crippen molar-refractivity contribution in [2.75, 3.05) is 0 Å². The second kappa shape index (κ2) is 5.29. The molecule has 3 heteroatoms. The van der Waals surface area contributed by atoms with Crippen LogP contribution in [0.2, 0.25) is 5.02 Å². The third-order valence-corrected chi connectivity index (χ3v) is 2.54. The first-order valence-corrected chi connectivity index (χ1v) is 5.43. The average Bonchev–Trinajstić information content (AvgIpc) is 2.38. The van der Waals surface area contributed by atoms with E-state index in [0.717, 1.165) is 16.8 Å². The van der Waals surface area contributed by atoms with E-state index in [4.69, 9.17) is 18.2 Å². The maximum Gasteiger partial charge on any atom is 0.164 e. The molecule has 0 atom stereocenters. The average molecular weight is 241 g/mol. The lowest BCUT2D eigenvalue weighted by Crippen LogP contribution is -1.90. The van der Waals surface area contributed by atoms with Crippen LogP contribution in [0.15, 0.2) is 54.9 Å². The summed E-state index contributed by atoms with van der Waals surface area (Å²) in [6, 6.07) is 13.0. The van der Waals surface area contributed by atoms with Crippen LogP contribution in [-0.4, -0.2) is 4.98 Å². The molecule has 17 heavy (non-hydrogen) atoms. The summed E-state index contributed by atoms with van der Waals surface area (Å²) in [4.78, 5) is 7.58. The lowest BCUT2D eigenvalue weighted by Gasteiger charge is -2.06. The first-order chi connectivity index (χ1) is 8.31. The van der Waals surface area contributed by atoms with Gasteiger partial charge in [0.05, 0.1) is 12.3 Å². The predicted octanol–water partition coefficient (Wildman–Crippen LogP) is 4.04. The lowest BCUT2D eigenvalue weighted by atomic mass is 10.0. The fraction of sp³-hybridized carbons (Fsp3) is 0. The van der Waals surface area contributed by atoms with Crippen molar-refractivity contribution in [3.63, 3.8) is 0 Å². The molecule has 0 aliphatic heterocycles. The number of benzene rings is 1. The molecule has 0 saturated carbocycles. The van der Waals surface area contributed by atoms with E-state index >= 15 is 0 Å². The molecule has 0 radical (unpaired) electrons. The third-order valence-electron chi connectivity index (χ3n) is 2.29. The van der Waals surface area contributed by atoms with Gasteiger partial charge >= 0.3 is 0 Å². The van der Waals surface area contributed by atoms with Gasteiger partial charge in [-0.2, -0.15) is 0 Å². The second-order valence-electron chi connectivity index (χ2n) is 3.39. The number of rotatable bonds is 2. The van der Waals surface area contributed by atoms with Crippen LogP contribution < -0.4 is 0 Å². The molecular formula is C14H9ClN2. The normalized spacial score (nSPS) is 10.9. The maximum absolute atomic E-state index is 6.97. The van der Waals surface area contributed by atoms with Crippen molar-refractivity contribution in [1.29, 1.82) is 0 Å². The predicted molar refractivity (Wildman–Crippen MR) is 69.4 cm³/mol. The van der Waals surface area contributed by atoms with Gasteiger partial charge in [-0.25, -0.2) is 4.85 Å². The van der Waals surface area contributed by atoms with Crippen molar-refractivity contribution in [3.05, 3.63) is 82.6 Å². The minimum absolute atomic E-state index is 0.678. The summed E-state index contributed by atoms with van der Waals surface area (Å²) in [5.74, 6) is 0. The Morgan fingerprint density at radius 3 is 2.53 bits per heavy atom. The van der Waals surface area contributed by atoms with E-state index in [-0.39, 0.29) is 0 Å². The van der Waals surface area contributed by atoms with Crippen LogP contribution in [0.1, 0.15) is 11.3 Å². The number of hydrogen-bond donors (Lipinski definition) is 0. The molecule has 2 nitrogen and oxygen atoms in total. The van der Waals surface area contributed by atoms with Gasteiger partial charge in [-0.05, 0) is 29.8 Å². The Bertz CT molecular complexity index is 565. The molecule has 0 fully saturated rings. The molecule has 0 aliphatic carbocycles. The minimum atomic E-state index is 0.678. The maximum atomic E-state index is 6.97. The number of hydrogen-bond acceptors (Lipinski definition) is 1. The van der Waals surface area contributed by atoms with E-state index in [1.807, 2.05) is 30.3 Å². The smallest absolute Gasteiger partial charge is 0.164 e. The van der Waals surface area contributed by atoms with Crippen molar-refractivity contribution in [2.45, 2.75) is 0 Å². The van der Waals surface area contributed by atoms with E-state index in [9.17, 15) is 0 Å². The molecular weight excluding hydrogens is 232 g/mol. The van der Waals surface area contributed by atoms with Crippen LogP contribution in [0, 0.1) is 6.57 Å². The fourth-order valence-corrected chi connectivity index (χ4v) is 1.63. The number of nitrogens with zero attached hydrogens (tertiary/aromatic N) is 2. The Kier molecular flexibility index (Phi) is 3.54. The van der Waals surface area contributed by atoms with Crippen LogP contribution in [0.4, 0.5) is 0 Å².